The molecule has 0 radical (unpaired) electrons. The summed E-state index contributed by atoms with van der Waals surface area (Å²) in [4.78, 5) is 179. The molecule has 115 heavy (non-hydrogen) atoms. The van der Waals surface area contributed by atoms with Gasteiger partial charge in [-0.3, -0.25) is 77.7 Å². The molecule has 0 saturated heterocycles. The second kappa shape index (κ2) is 46.7. The Morgan fingerprint density at radius 1 is 0.461 bits per heavy atom. The van der Waals surface area contributed by atoms with Crippen LogP contribution in [0.25, 0.3) is 10.8 Å². The van der Waals surface area contributed by atoms with Crippen molar-refractivity contribution in [1.82, 2.24) is 74.4 Å². The van der Waals surface area contributed by atoms with Crippen LogP contribution < -0.4 is 102 Å². The van der Waals surface area contributed by atoms with Crippen molar-refractivity contribution in [2.75, 3.05) is 70.2 Å². The van der Waals surface area contributed by atoms with Crippen molar-refractivity contribution >= 4 is 132 Å². The summed E-state index contributed by atoms with van der Waals surface area (Å²) < 4.78 is 33.6. The summed E-state index contributed by atoms with van der Waals surface area (Å²) in [5, 5.41) is 82.6. The van der Waals surface area contributed by atoms with E-state index in [4.69, 9.17) is 28.0 Å². The Kier molecular flexibility index (Phi) is 38.7. The molecule has 0 bridgehead atoms. The van der Waals surface area contributed by atoms with Gasteiger partial charge >= 0.3 is 0 Å². The molecule has 4 rings (SSSR count). The van der Waals surface area contributed by atoms with E-state index in [1.165, 1.54) is 51.1 Å². The van der Waals surface area contributed by atoms with Gasteiger partial charge in [-0.25, -0.2) is 0 Å². The van der Waals surface area contributed by atoms with Crippen molar-refractivity contribution in [3.63, 3.8) is 0 Å². The number of fused-ring (bicyclic) bond motifs is 1. The predicted octanol–water partition coefficient (Wildman–Crippen LogP) is -2.84. The normalized spacial score (nSPS) is 13.9. The van der Waals surface area contributed by atoms with Gasteiger partial charge in [-0.15, -0.1) is 0 Å². The zero-order valence-corrected chi connectivity index (χ0v) is 66.5. The standard InChI is InChI=1S/C73H109N23O18S/c1-38(2)33-52(66(106)84-41(7)61(101)80-32-31-79-49-17-11-16-48-47(49)15-12-20-56(48)115(112,113)114)88-65(105)51(19-14-30-82-73(77)78)87-68(108)55(37-98)91-69(109)54(36-97)90-62(102)42(8)85-67(107)53(34-57(74)99)89-70(110)60(40(5)6)93-71(111)59(39(3)4)92-58(100)35-83-64(104)50(18-13-29-81-72(75)76)86-63(103)43-21-23-44(24-22-43)94-95-45-25-27-46(28-26-45)96(9)10/h11-12,15-17,20-28,38-42,50-55,59-60,79,97-98H,13-14,18-19,29-37H2,1-10H3,(H2,74,99)(H,80,101)(H,83,104)(H,84,106)(H,85,107)(H,86,103)(H,87,108)(H,88,105)(H,89,110)(H,90,102)(H,91,109)(H,92,100)(H,93,111)(H4,75,76,81)(H4,77,78,82)(H,112,113,114)/t41-,42-,50-,51-,52-,53-,54-,55-,59-,60-/m0/s1. The number of carbonyl (C=O) groups is 13. The SMILES string of the molecule is CC(C)C[C@H](NC(=O)[C@H](CCCNC(=N)N)NC(=O)[C@H](CO)NC(=O)[C@H](CO)NC(=O)[C@H](C)NC(=O)[C@H](CC(N)=O)NC(=O)[C@@H](NC(=O)[C@@H](NC(=O)CNC(=O)[C@H](CCCNC(=N)N)NC(=O)c1ccc(N=Nc2ccc(N(C)C)cc2)cc1)C(C)C)C(C)C)C(=O)N[C@@H](C)C(=O)NCCNc1cccc2c(S(=O)(=O)O)cccc12. The zero-order chi connectivity index (χ0) is 86.0. The number of benzene rings is 4. The summed E-state index contributed by atoms with van der Waals surface area (Å²) in [6.07, 6.45) is -0.722. The van der Waals surface area contributed by atoms with Crippen molar-refractivity contribution in [1.29, 1.82) is 10.8 Å². The number of hydrogen-bond acceptors (Lipinski definition) is 23. The summed E-state index contributed by atoms with van der Waals surface area (Å²) in [6.45, 7) is 9.55. The van der Waals surface area contributed by atoms with Gasteiger partial charge in [-0.05, 0) is 124 Å². The number of amides is 13. The molecule has 0 aromatic heterocycles. The largest absolute Gasteiger partial charge is 0.394 e. The first kappa shape index (κ1) is 95.2. The summed E-state index contributed by atoms with van der Waals surface area (Å²) in [6, 6.07) is 7.31. The van der Waals surface area contributed by atoms with Crippen LogP contribution in [-0.2, 0) is 67.7 Å². The van der Waals surface area contributed by atoms with Gasteiger partial charge in [0.15, 0.2) is 11.9 Å². The average Bonchev–Trinajstić information content (AvgIpc) is 0.784. The van der Waals surface area contributed by atoms with E-state index < -0.39 is 191 Å². The number of aliphatic hydroxyl groups is 2. The minimum Gasteiger partial charge on any atom is -0.394 e. The van der Waals surface area contributed by atoms with Crippen LogP contribution in [0.5, 0.6) is 0 Å². The Labute approximate surface area is 665 Å². The Morgan fingerprint density at radius 3 is 1.43 bits per heavy atom. The smallest absolute Gasteiger partial charge is 0.295 e. The minimum absolute atomic E-state index is 0.0141. The Hall–Kier alpha value is -12.2. The van der Waals surface area contributed by atoms with Crippen LogP contribution in [0.15, 0.2) is 100 Å². The number of nitrogens with zero attached hydrogens (tertiary/aromatic N) is 3. The molecule has 0 aliphatic carbocycles. The molecule has 0 aliphatic heterocycles. The van der Waals surface area contributed by atoms with E-state index in [0.29, 0.717) is 22.4 Å². The van der Waals surface area contributed by atoms with E-state index >= 15 is 0 Å². The van der Waals surface area contributed by atoms with Crippen LogP contribution in [0.3, 0.4) is 0 Å². The van der Waals surface area contributed by atoms with Gasteiger partial charge in [0.25, 0.3) is 16.0 Å². The fourth-order valence-corrected chi connectivity index (χ4v) is 11.8. The van der Waals surface area contributed by atoms with E-state index in [1.807, 2.05) is 31.1 Å². The number of primary amides is 1. The number of nitrogens with one attached hydrogen (secondary N) is 17. The lowest BCUT2D eigenvalue weighted by Crippen LogP contribution is -2.61. The number of guanidine groups is 2. The second-order valence-corrected chi connectivity index (χ2v) is 29.6. The molecule has 26 N–H and O–H groups in total. The molecular weight excluding hydrogens is 1520 g/mol. The summed E-state index contributed by atoms with van der Waals surface area (Å²) in [5.41, 5.74) is 19.0. The fraction of sp³-hybridized carbons (Fsp3) is 0.493. The summed E-state index contributed by atoms with van der Waals surface area (Å²) in [5.74, 6) is -14.8. The van der Waals surface area contributed by atoms with Crippen LogP contribution in [0.2, 0.25) is 0 Å². The molecule has 0 heterocycles. The Balaban J connectivity index is 1.36. The number of carbonyl (C=O) groups excluding carboxylic acids is 13. The third kappa shape index (κ3) is 32.4. The van der Waals surface area contributed by atoms with Gasteiger partial charge in [-0.1, -0.05) is 65.8 Å². The van der Waals surface area contributed by atoms with Crippen molar-refractivity contribution in [3.05, 3.63) is 90.5 Å². The highest BCUT2D eigenvalue weighted by Gasteiger charge is 2.37. The molecule has 0 spiro atoms. The van der Waals surface area contributed by atoms with Crippen LogP contribution in [0, 0.1) is 28.6 Å². The molecule has 41 nitrogen and oxygen atoms in total. The molecule has 0 unspecified atom stereocenters. The lowest BCUT2D eigenvalue weighted by Gasteiger charge is -2.28. The summed E-state index contributed by atoms with van der Waals surface area (Å²) in [7, 11) is -0.721. The highest BCUT2D eigenvalue weighted by Crippen LogP contribution is 2.29. The average molecular weight is 1630 g/mol. The molecule has 0 saturated carbocycles. The van der Waals surface area contributed by atoms with Gasteiger partial charge < -0.3 is 112 Å². The first-order valence-corrected chi connectivity index (χ1v) is 38.3. The molecule has 4 aromatic rings. The number of azo groups is 1. The van der Waals surface area contributed by atoms with Gasteiger partial charge in [0.2, 0.25) is 70.9 Å². The van der Waals surface area contributed by atoms with Crippen molar-refractivity contribution < 1.29 is 85.5 Å². The maximum absolute atomic E-state index is 14.1. The monoisotopic (exact) mass is 1630 g/mol. The minimum atomic E-state index is -4.53. The molecular formula is C73H109N23O18S. The molecule has 13 amide bonds. The lowest BCUT2D eigenvalue weighted by atomic mass is 9.99. The third-order valence-corrected chi connectivity index (χ3v) is 18.3. The Morgan fingerprint density at radius 2 is 0.913 bits per heavy atom. The number of aliphatic hydroxyl groups excluding tert-OH is 2. The van der Waals surface area contributed by atoms with Crippen LogP contribution in [0.4, 0.5) is 22.7 Å². The topological polar surface area (TPSA) is 651 Å². The van der Waals surface area contributed by atoms with Crippen molar-refractivity contribution in [2.45, 2.75) is 159 Å². The first-order valence-electron chi connectivity index (χ1n) is 36.9. The molecule has 10 atom stereocenters. The molecule has 42 heteroatoms. The third-order valence-electron chi connectivity index (χ3n) is 17.4. The van der Waals surface area contributed by atoms with Gasteiger partial charge in [0, 0.05) is 68.0 Å². The van der Waals surface area contributed by atoms with Crippen LogP contribution >= 0.6 is 0 Å². The van der Waals surface area contributed by atoms with E-state index in [2.05, 4.69) is 90.0 Å². The van der Waals surface area contributed by atoms with E-state index in [-0.39, 0.29) is 86.0 Å². The fourth-order valence-electron chi connectivity index (χ4n) is 11.1. The van der Waals surface area contributed by atoms with Gasteiger partial charge in [-0.2, -0.15) is 18.6 Å². The number of anilines is 2. The molecule has 4 aromatic carbocycles. The lowest BCUT2D eigenvalue weighted by molar-refractivity contribution is -0.137. The second-order valence-electron chi connectivity index (χ2n) is 28.2. The quantitative estimate of drug-likeness (QED) is 0.00696. The maximum Gasteiger partial charge on any atom is 0.295 e. The molecule has 0 aliphatic rings. The van der Waals surface area contributed by atoms with Crippen molar-refractivity contribution in [3.8, 4) is 0 Å². The molecule has 0 fully saturated rings. The zero-order valence-electron chi connectivity index (χ0n) is 65.7. The van der Waals surface area contributed by atoms with Crippen LogP contribution in [0.1, 0.15) is 104 Å². The molecule has 630 valence electrons. The maximum atomic E-state index is 14.1. The highest BCUT2D eigenvalue weighted by molar-refractivity contribution is 7.86. The number of hydrogen-bond donors (Lipinski definition) is 23. The number of rotatable bonds is 47. The van der Waals surface area contributed by atoms with E-state index in [0.717, 1.165) is 12.6 Å². The van der Waals surface area contributed by atoms with Crippen LogP contribution in [-0.4, -0.2) is 232 Å². The van der Waals surface area contributed by atoms with E-state index in [1.54, 1.807) is 70.2 Å². The number of nitrogens with two attached hydrogens (primary N) is 3. The highest BCUT2D eigenvalue weighted by atomic mass is 32.2. The predicted molar refractivity (Wildman–Crippen MR) is 425 cm³/mol. The van der Waals surface area contributed by atoms with E-state index in [9.17, 15) is 85.5 Å². The van der Waals surface area contributed by atoms with Gasteiger partial charge in [0.05, 0.1) is 37.6 Å². The first-order chi connectivity index (χ1) is 54.1. The van der Waals surface area contributed by atoms with Crippen molar-refractivity contribution in [2.24, 2.45) is 45.2 Å². The Bertz CT molecular complexity index is 4230. The van der Waals surface area contributed by atoms with Gasteiger partial charge in [0.1, 0.15) is 65.3 Å². The summed E-state index contributed by atoms with van der Waals surface area (Å²) >= 11 is 0.